The highest BCUT2D eigenvalue weighted by Gasteiger charge is 2.30. The highest BCUT2D eigenvalue weighted by atomic mass is 35.5. The second-order valence-electron chi connectivity index (χ2n) is 6.10. The Morgan fingerprint density at radius 2 is 1.95 bits per heavy atom. The average Bonchev–Trinajstić information content (AvgIpc) is 2.40. The molecule has 0 bridgehead atoms. The topological polar surface area (TPSA) is 55.3 Å². The van der Waals surface area contributed by atoms with Gasteiger partial charge in [-0.3, -0.25) is 4.79 Å². The third kappa shape index (κ3) is 4.45. The van der Waals surface area contributed by atoms with Crippen molar-refractivity contribution in [3.05, 3.63) is 16.5 Å². The summed E-state index contributed by atoms with van der Waals surface area (Å²) in [4.78, 5) is 22.3. The van der Waals surface area contributed by atoms with Crippen LogP contribution in [0.3, 0.4) is 0 Å². The van der Waals surface area contributed by atoms with E-state index in [1.807, 2.05) is 25.7 Å². The van der Waals surface area contributed by atoms with Crippen molar-refractivity contribution in [3.8, 4) is 0 Å². The van der Waals surface area contributed by atoms with E-state index in [0.717, 1.165) is 0 Å². The SMILES string of the molecule is CC(C)(C)OC(=O)C1CCN(c2nc(Cl)cnc2Cl)CC1. The Morgan fingerprint density at radius 1 is 1.33 bits per heavy atom. The Kier molecular flexibility index (Phi) is 4.94. The number of ether oxygens (including phenoxy) is 1. The second kappa shape index (κ2) is 6.36. The molecule has 21 heavy (non-hydrogen) atoms. The summed E-state index contributed by atoms with van der Waals surface area (Å²) in [6.45, 7) is 6.99. The van der Waals surface area contributed by atoms with Crippen molar-refractivity contribution in [1.82, 2.24) is 9.97 Å². The van der Waals surface area contributed by atoms with Crippen LogP contribution in [0.15, 0.2) is 6.20 Å². The summed E-state index contributed by atoms with van der Waals surface area (Å²) in [5.41, 5.74) is -0.448. The zero-order valence-corrected chi connectivity index (χ0v) is 13.9. The number of anilines is 1. The van der Waals surface area contributed by atoms with Crippen LogP contribution in [0.4, 0.5) is 5.82 Å². The summed E-state index contributed by atoms with van der Waals surface area (Å²) in [5, 5.41) is 0.638. The lowest BCUT2D eigenvalue weighted by molar-refractivity contribution is -0.160. The van der Waals surface area contributed by atoms with Crippen molar-refractivity contribution < 1.29 is 9.53 Å². The summed E-state index contributed by atoms with van der Waals surface area (Å²) < 4.78 is 5.43. The Hall–Kier alpha value is -1.07. The Labute approximate surface area is 134 Å². The summed E-state index contributed by atoms with van der Waals surface area (Å²) in [7, 11) is 0. The molecule has 0 saturated carbocycles. The molecule has 0 aliphatic carbocycles. The number of esters is 1. The number of hydrogen-bond donors (Lipinski definition) is 0. The Bertz CT molecular complexity index is 523. The van der Waals surface area contributed by atoms with Gasteiger partial charge in [0.15, 0.2) is 11.0 Å². The van der Waals surface area contributed by atoms with Crippen LogP contribution >= 0.6 is 23.2 Å². The van der Waals surface area contributed by atoms with E-state index in [0.29, 0.717) is 42.1 Å². The maximum Gasteiger partial charge on any atom is 0.309 e. The number of hydrogen-bond acceptors (Lipinski definition) is 5. The lowest BCUT2D eigenvalue weighted by Gasteiger charge is -2.33. The van der Waals surface area contributed by atoms with Gasteiger partial charge in [-0.05, 0) is 33.6 Å². The van der Waals surface area contributed by atoms with E-state index in [2.05, 4.69) is 9.97 Å². The van der Waals surface area contributed by atoms with E-state index >= 15 is 0 Å². The molecule has 0 unspecified atom stereocenters. The van der Waals surface area contributed by atoms with Gasteiger partial charge in [0, 0.05) is 13.1 Å². The fraction of sp³-hybridized carbons (Fsp3) is 0.643. The number of piperidine rings is 1. The number of aromatic nitrogens is 2. The predicted octanol–water partition coefficient (Wildman–Crippen LogP) is 3.34. The predicted molar refractivity (Wildman–Crippen MR) is 82.8 cm³/mol. The van der Waals surface area contributed by atoms with Crippen molar-refractivity contribution in [2.75, 3.05) is 18.0 Å². The maximum atomic E-state index is 12.1. The van der Waals surface area contributed by atoms with E-state index in [4.69, 9.17) is 27.9 Å². The largest absolute Gasteiger partial charge is 0.460 e. The Balaban J connectivity index is 1.97. The van der Waals surface area contributed by atoms with Gasteiger partial charge in [-0.25, -0.2) is 9.97 Å². The van der Waals surface area contributed by atoms with Crippen molar-refractivity contribution in [3.63, 3.8) is 0 Å². The summed E-state index contributed by atoms with van der Waals surface area (Å²) in [6, 6.07) is 0. The molecule has 1 aromatic heterocycles. The van der Waals surface area contributed by atoms with Crippen LogP contribution in [0.2, 0.25) is 10.3 Å². The van der Waals surface area contributed by atoms with Crippen LogP contribution in [0.5, 0.6) is 0 Å². The molecule has 2 rings (SSSR count). The zero-order valence-electron chi connectivity index (χ0n) is 12.4. The number of halogens is 2. The van der Waals surface area contributed by atoms with Crippen molar-refractivity contribution in [2.45, 2.75) is 39.2 Å². The lowest BCUT2D eigenvalue weighted by Crippen LogP contribution is -2.39. The molecule has 0 atom stereocenters. The first kappa shape index (κ1) is 16.3. The van der Waals surface area contributed by atoms with Crippen LogP contribution in [-0.2, 0) is 9.53 Å². The van der Waals surface area contributed by atoms with Crippen LogP contribution in [0.25, 0.3) is 0 Å². The number of carbonyl (C=O) groups excluding carboxylic acids is 1. The van der Waals surface area contributed by atoms with Crippen molar-refractivity contribution in [2.24, 2.45) is 5.92 Å². The molecular weight excluding hydrogens is 313 g/mol. The number of nitrogens with zero attached hydrogens (tertiary/aromatic N) is 3. The molecule has 0 spiro atoms. The average molecular weight is 332 g/mol. The molecule has 1 aromatic rings. The zero-order chi connectivity index (χ0) is 15.6. The summed E-state index contributed by atoms with van der Waals surface area (Å²) in [5.74, 6) is 0.364. The molecular formula is C14H19Cl2N3O2. The normalized spacial score (nSPS) is 16.9. The third-order valence-electron chi connectivity index (χ3n) is 3.22. The van der Waals surface area contributed by atoms with Crippen LogP contribution in [0.1, 0.15) is 33.6 Å². The van der Waals surface area contributed by atoms with Gasteiger partial charge >= 0.3 is 5.97 Å². The third-order valence-corrected chi connectivity index (χ3v) is 3.66. The fourth-order valence-corrected chi connectivity index (χ4v) is 2.60. The molecule has 2 heterocycles. The standard InChI is InChI=1S/C14H19Cl2N3O2/c1-14(2,3)21-13(20)9-4-6-19(7-5-9)12-11(16)17-8-10(15)18-12/h8-9H,4-7H2,1-3H3. The van der Waals surface area contributed by atoms with E-state index in [1.54, 1.807) is 0 Å². The van der Waals surface area contributed by atoms with Gasteiger partial charge in [0.2, 0.25) is 0 Å². The quantitative estimate of drug-likeness (QED) is 0.778. The molecule has 1 aliphatic heterocycles. The van der Waals surface area contributed by atoms with Gasteiger partial charge in [0.1, 0.15) is 10.8 Å². The van der Waals surface area contributed by atoms with Crippen molar-refractivity contribution in [1.29, 1.82) is 0 Å². The molecule has 5 nitrogen and oxygen atoms in total. The van der Waals surface area contributed by atoms with Crippen LogP contribution < -0.4 is 4.90 Å². The smallest absolute Gasteiger partial charge is 0.309 e. The van der Waals surface area contributed by atoms with Crippen LogP contribution in [-0.4, -0.2) is 34.6 Å². The Morgan fingerprint density at radius 3 is 2.52 bits per heavy atom. The molecule has 1 saturated heterocycles. The highest BCUT2D eigenvalue weighted by Crippen LogP contribution is 2.28. The van der Waals surface area contributed by atoms with Gasteiger partial charge in [-0.15, -0.1) is 0 Å². The monoisotopic (exact) mass is 331 g/mol. The van der Waals surface area contributed by atoms with Gasteiger partial charge in [0.25, 0.3) is 0 Å². The lowest BCUT2D eigenvalue weighted by atomic mass is 9.96. The molecule has 0 amide bonds. The van der Waals surface area contributed by atoms with Gasteiger partial charge in [0.05, 0.1) is 12.1 Å². The first-order valence-electron chi connectivity index (χ1n) is 6.92. The minimum absolute atomic E-state index is 0.0774. The minimum Gasteiger partial charge on any atom is -0.460 e. The van der Waals surface area contributed by atoms with E-state index in [1.165, 1.54) is 6.20 Å². The summed E-state index contributed by atoms with van der Waals surface area (Å²) >= 11 is 11.9. The van der Waals surface area contributed by atoms with Crippen molar-refractivity contribution >= 4 is 35.0 Å². The second-order valence-corrected chi connectivity index (χ2v) is 6.85. The maximum absolute atomic E-state index is 12.1. The van der Waals surface area contributed by atoms with E-state index in [-0.39, 0.29) is 11.9 Å². The molecule has 1 fully saturated rings. The fourth-order valence-electron chi connectivity index (χ4n) is 2.26. The highest BCUT2D eigenvalue weighted by molar-refractivity contribution is 6.33. The first-order valence-corrected chi connectivity index (χ1v) is 7.68. The molecule has 7 heteroatoms. The first-order chi connectivity index (χ1) is 9.76. The molecule has 0 aromatic carbocycles. The molecule has 0 N–H and O–H groups in total. The van der Waals surface area contributed by atoms with Crippen LogP contribution in [0, 0.1) is 5.92 Å². The molecule has 1 aliphatic rings. The molecule has 0 radical (unpaired) electrons. The number of carbonyl (C=O) groups is 1. The van der Waals surface area contributed by atoms with Gasteiger partial charge < -0.3 is 9.64 Å². The van der Waals surface area contributed by atoms with E-state index in [9.17, 15) is 4.79 Å². The molecule has 116 valence electrons. The van der Waals surface area contributed by atoms with E-state index < -0.39 is 5.60 Å². The van der Waals surface area contributed by atoms with Gasteiger partial charge in [-0.1, -0.05) is 23.2 Å². The summed E-state index contributed by atoms with van der Waals surface area (Å²) in [6.07, 6.45) is 2.83. The number of rotatable bonds is 2. The van der Waals surface area contributed by atoms with Gasteiger partial charge in [-0.2, -0.15) is 0 Å². The minimum atomic E-state index is -0.448.